The van der Waals surface area contributed by atoms with Gasteiger partial charge < -0.3 is 9.47 Å². The molecule has 2 N–H and O–H groups in total. The number of carbonyl (C=O) groups excluding carboxylic acids is 3. The van der Waals surface area contributed by atoms with Crippen LogP contribution in [0.3, 0.4) is 0 Å². The molecule has 1 atom stereocenters. The van der Waals surface area contributed by atoms with Gasteiger partial charge in [0.1, 0.15) is 5.75 Å². The van der Waals surface area contributed by atoms with Gasteiger partial charge in [-0.05, 0) is 61.0 Å². The fourth-order valence-electron chi connectivity index (χ4n) is 4.07. The third-order valence-electron chi connectivity index (χ3n) is 5.72. The van der Waals surface area contributed by atoms with Gasteiger partial charge in [0.15, 0.2) is 0 Å². The van der Waals surface area contributed by atoms with Crippen LogP contribution < -0.4 is 15.1 Å². The van der Waals surface area contributed by atoms with Crippen molar-refractivity contribution in [3.63, 3.8) is 0 Å². The molecule has 8 heteroatoms. The highest BCUT2D eigenvalue weighted by atomic mass is 16.5. The molecule has 0 bridgehead atoms. The van der Waals surface area contributed by atoms with Crippen LogP contribution in [0.25, 0.3) is 5.70 Å². The van der Waals surface area contributed by atoms with E-state index in [2.05, 4.69) is 5.48 Å². The number of hydrogen-bond acceptors (Lipinski definition) is 7. The quantitative estimate of drug-likeness (QED) is 0.232. The second kappa shape index (κ2) is 10.2. The van der Waals surface area contributed by atoms with Crippen LogP contribution in [0.5, 0.6) is 5.75 Å². The summed E-state index contributed by atoms with van der Waals surface area (Å²) in [5.41, 5.74) is 4.29. The summed E-state index contributed by atoms with van der Waals surface area (Å²) in [7, 11) is 1.54. The molecule has 8 nitrogen and oxygen atoms in total. The van der Waals surface area contributed by atoms with E-state index < -0.39 is 23.7 Å². The maximum Gasteiger partial charge on any atom is 0.338 e. The molecule has 1 amide bonds. The molecule has 0 spiro atoms. The van der Waals surface area contributed by atoms with Crippen LogP contribution in [0.1, 0.15) is 34.5 Å². The van der Waals surface area contributed by atoms with E-state index in [-0.39, 0.29) is 17.9 Å². The Labute approximate surface area is 202 Å². The minimum atomic E-state index is -0.818. The van der Waals surface area contributed by atoms with Crippen molar-refractivity contribution in [1.82, 2.24) is 5.48 Å². The first kappa shape index (κ1) is 23.7. The molecular formula is C27H24N2O6. The van der Waals surface area contributed by atoms with Crippen LogP contribution in [-0.4, -0.2) is 36.6 Å². The molecule has 1 fully saturated rings. The molecule has 1 saturated heterocycles. The maximum atomic E-state index is 13.3. The van der Waals surface area contributed by atoms with Crippen molar-refractivity contribution in [2.75, 3.05) is 18.6 Å². The van der Waals surface area contributed by atoms with Crippen molar-refractivity contribution in [2.24, 2.45) is 0 Å². The molecule has 178 valence electrons. The van der Waals surface area contributed by atoms with E-state index in [1.807, 2.05) is 18.2 Å². The Morgan fingerprint density at radius 1 is 0.943 bits per heavy atom. The number of carbonyl (C=O) groups is 3. The number of hydrogen-bond donors (Lipinski definition) is 2. The molecule has 1 unspecified atom stereocenters. The van der Waals surface area contributed by atoms with Gasteiger partial charge in [-0.2, -0.15) is 0 Å². The number of nitrogens with one attached hydrogen (secondary N) is 1. The predicted molar refractivity (Wildman–Crippen MR) is 129 cm³/mol. The Bertz CT molecular complexity index is 1270. The molecule has 0 aromatic heterocycles. The molecule has 4 rings (SSSR count). The highest BCUT2D eigenvalue weighted by Crippen LogP contribution is 2.42. The highest BCUT2D eigenvalue weighted by molar-refractivity contribution is 6.51. The molecule has 0 radical (unpaired) electrons. The maximum absolute atomic E-state index is 13.3. The fourth-order valence-corrected chi connectivity index (χ4v) is 4.07. The van der Waals surface area contributed by atoms with E-state index in [0.717, 1.165) is 0 Å². The van der Waals surface area contributed by atoms with Crippen LogP contribution in [0.2, 0.25) is 0 Å². The summed E-state index contributed by atoms with van der Waals surface area (Å²) >= 11 is 0. The van der Waals surface area contributed by atoms with Crippen molar-refractivity contribution in [3.8, 4) is 5.75 Å². The predicted octanol–water partition coefficient (Wildman–Crippen LogP) is 3.92. The number of methoxy groups -OCH3 is 1. The Kier molecular flexibility index (Phi) is 6.93. The average molecular weight is 472 g/mol. The van der Waals surface area contributed by atoms with Gasteiger partial charge in [0.2, 0.25) is 0 Å². The lowest BCUT2D eigenvalue weighted by Crippen LogP contribution is -2.29. The Balaban J connectivity index is 1.86. The molecule has 0 aliphatic carbocycles. The third kappa shape index (κ3) is 4.51. The smallest absolute Gasteiger partial charge is 0.338 e. The first-order valence-corrected chi connectivity index (χ1v) is 11.0. The first-order valence-electron chi connectivity index (χ1n) is 11.0. The zero-order chi connectivity index (χ0) is 24.9. The Morgan fingerprint density at radius 3 is 2.14 bits per heavy atom. The summed E-state index contributed by atoms with van der Waals surface area (Å²) in [6.07, 6.45) is 0. The molecule has 35 heavy (non-hydrogen) atoms. The zero-order valence-corrected chi connectivity index (χ0v) is 19.2. The molecule has 1 heterocycles. The van der Waals surface area contributed by atoms with E-state index >= 15 is 0 Å². The largest absolute Gasteiger partial charge is 0.497 e. The highest BCUT2D eigenvalue weighted by Gasteiger charge is 2.46. The van der Waals surface area contributed by atoms with Crippen LogP contribution in [0.4, 0.5) is 5.69 Å². The number of esters is 1. The van der Waals surface area contributed by atoms with Gasteiger partial charge in [0, 0.05) is 11.3 Å². The summed E-state index contributed by atoms with van der Waals surface area (Å²) < 4.78 is 10.2. The number of rotatable bonds is 7. The summed E-state index contributed by atoms with van der Waals surface area (Å²) in [5.74, 6) is -1.37. The summed E-state index contributed by atoms with van der Waals surface area (Å²) in [6.45, 7) is 1.96. The monoisotopic (exact) mass is 472 g/mol. The number of hydroxylamine groups is 1. The molecular weight excluding hydrogens is 448 g/mol. The SMILES string of the molecule is CCOC(=O)c1ccc(N2C(=O)C(=O)/C(=C(/NO)c3ccc(OC)cc3)C2c2ccccc2)cc1. The van der Waals surface area contributed by atoms with Gasteiger partial charge >= 0.3 is 5.97 Å². The van der Waals surface area contributed by atoms with Crippen molar-refractivity contribution < 1.29 is 29.1 Å². The molecule has 3 aromatic carbocycles. The number of amides is 1. The van der Waals surface area contributed by atoms with Gasteiger partial charge in [0.25, 0.3) is 11.7 Å². The number of Topliss-reactive ketones (excluding diaryl/α,β-unsaturated/α-hetero) is 1. The number of benzene rings is 3. The number of anilines is 1. The van der Waals surface area contributed by atoms with Gasteiger partial charge in [-0.1, -0.05) is 30.3 Å². The van der Waals surface area contributed by atoms with Crippen molar-refractivity contribution in [3.05, 3.63) is 101 Å². The van der Waals surface area contributed by atoms with E-state index in [1.165, 1.54) is 12.0 Å². The van der Waals surface area contributed by atoms with Gasteiger partial charge in [-0.15, -0.1) is 0 Å². The number of ether oxygens (including phenoxy) is 2. The lowest BCUT2D eigenvalue weighted by molar-refractivity contribution is -0.132. The minimum absolute atomic E-state index is 0.100. The van der Waals surface area contributed by atoms with E-state index in [9.17, 15) is 19.6 Å². The first-order chi connectivity index (χ1) is 17.0. The standard InChI is InChI=1S/C27H24N2O6/c1-3-35-27(32)19-9-13-20(14-10-19)29-24(18-7-5-4-6-8-18)22(25(30)26(29)31)23(28-33)17-11-15-21(34-2)16-12-17/h4-16,24,28,33H,3H2,1-2H3/b23-22+. The summed E-state index contributed by atoms with van der Waals surface area (Å²) in [6, 6.07) is 21.3. The lowest BCUT2D eigenvalue weighted by atomic mass is 9.94. The van der Waals surface area contributed by atoms with E-state index in [1.54, 1.807) is 67.6 Å². The topological polar surface area (TPSA) is 105 Å². The van der Waals surface area contributed by atoms with Gasteiger partial charge in [0.05, 0.1) is 36.6 Å². The fraction of sp³-hybridized carbons (Fsp3) is 0.148. The lowest BCUT2D eigenvalue weighted by Gasteiger charge is -2.26. The van der Waals surface area contributed by atoms with Crippen LogP contribution in [0, 0.1) is 0 Å². The summed E-state index contributed by atoms with van der Waals surface area (Å²) in [5, 5.41) is 10.1. The molecule has 0 saturated carbocycles. The van der Waals surface area contributed by atoms with Gasteiger partial charge in [-0.25, -0.2) is 4.79 Å². The van der Waals surface area contributed by atoms with Crippen molar-refractivity contribution in [1.29, 1.82) is 0 Å². The second-order valence-electron chi connectivity index (χ2n) is 7.71. The van der Waals surface area contributed by atoms with E-state index in [0.29, 0.717) is 28.1 Å². The van der Waals surface area contributed by atoms with E-state index in [4.69, 9.17) is 9.47 Å². The average Bonchev–Trinajstić information content (AvgIpc) is 3.16. The third-order valence-corrected chi connectivity index (χ3v) is 5.72. The normalized spacial score (nSPS) is 16.8. The Morgan fingerprint density at radius 2 is 1.57 bits per heavy atom. The van der Waals surface area contributed by atoms with Crippen molar-refractivity contribution in [2.45, 2.75) is 13.0 Å². The number of nitrogens with zero attached hydrogens (tertiary/aromatic N) is 1. The molecule has 1 aliphatic rings. The van der Waals surface area contributed by atoms with Gasteiger partial charge in [-0.3, -0.25) is 25.2 Å². The molecule has 1 aliphatic heterocycles. The molecule has 3 aromatic rings. The Hall–Kier alpha value is -4.43. The summed E-state index contributed by atoms with van der Waals surface area (Å²) in [4.78, 5) is 40.0. The zero-order valence-electron chi connectivity index (χ0n) is 19.2. The van der Waals surface area contributed by atoms with Crippen molar-refractivity contribution >= 4 is 29.0 Å². The second-order valence-corrected chi connectivity index (χ2v) is 7.71. The minimum Gasteiger partial charge on any atom is -0.497 e. The van der Waals surface area contributed by atoms with Crippen LogP contribution in [-0.2, 0) is 14.3 Å². The number of ketones is 1. The van der Waals surface area contributed by atoms with Crippen LogP contribution >= 0.6 is 0 Å². The van der Waals surface area contributed by atoms with Crippen LogP contribution in [0.15, 0.2) is 84.4 Å².